The van der Waals surface area contributed by atoms with Gasteiger partial charge in [-0.2, -0.15) is 0 Å². The first-order valence-corrected chi connectivity index (χ1v) is 3.76. The Balaban J connectivity index is 2.94. The van der Waals surface area contributed by atoms with Crippen molar-refractivity contribution in [2.45, 2.75) is 4.90 Å². The van der Waals surface area contributed by atoms with Crippen molar-refractivity contribution < 1.29 is 4.39 Å². The smallest absolute Gasteiger partial charge is 0.124 e. The second kappa shape index (κ2) is 2.87. The van der Waals surface area contributed by atoms with Crippen molar-refractivity contribution in [3.8, 4) is 0 Å². The van der Waals surface area contributed by atoms with Gasteiger partial charge in [0.05, 0.1) is 0 Å². The molecule has 1 radical (unpaired) electrons. The largest absolute Gasteiger partial charge is 0.207 e. The minimum Gasteiger partial charge on any atom is -0.207 e. The highest BCUT2D eigenvalue weighted by Gasteiger charge is 1.89. The summed E-state index contributed by atoms with van der Waals surface area (Å²) in [6, 6.07) is 7.25. The highest BCUT2D eigenvalue weighted by Crippen LogP contribution is 2.13. The lowest BCUT2D eigenvalue weighted by Gasteiger charge is -1.91. The predicted octanol–water partition coefficient (Wildman–Crippen LogP) is 2.35. The van der Waals surface area contributed by atoms with E-state index in [2.05, 4.69) is 6.07 Å². The van der Waals surface area contributed by atoms with Gasteiger partial charge in [-0.25, -0.2) is 4.39 Å². The molecular formula is C7H6FS. The van der Waals surface area contributed by atoms with Crippen molar-refractivity contribution in [2.75, 3.05) is 6.26 Å². The van der Waals surface area contributed by atoms with Crippen molar-refractivity contribution in [1.82, 2.24) is 0 Å². The molecule has 47 valence electrons. The van der Waals surface area contributed by atoms with Gasteiger partial charge in [0.2, 0.25) is 0 Å². The van der Waals surface area contributed by atoms with E-state index in [1.165, 1.54) is 23.9 Å². The fourth-order valence-electron chi connectivity index (χ4n) is 0.540. The molecular weight excluding hydrogens is 135 g/mol. The third-order valence-electron chi connectivity index (χ3n) is 0.963. The number of hydrogen-bond donors (Lipinski definition) is 0. The summed E-state index contributed by atoms with van der Waals surface area (Å²) in [5.41, 5.74) is 0. The van der Waals surface area contributed by atoms with E-state index in [4.69, 9.17) is 0 Å². The topological polar surface area (TPSA) is 0 Å². The molecule has 0 N–H and O–H groups in total. The second-order valence-corrected chi connectivity index (χ2v) is 2.47. The molecule has 0 bridgehead atoms. The van der Waals surface area contributed by atoms with Gasteiger partial charge in [0.25, 0.3) is 0 Å². The van der Waals surface area contributed by atoms with Crippen molar-refractivity contribution >= 4 is 11.8 Å². The van der Waals surface area contributed by atoms with Gasteiger partial charge < -0.3 is 0 Å². The maximum Gasteiger partial charge on any atom is 0.124 e. The molecule has 0 aliphatic heterocycles. The molecule has 0 heterocycles. The van der Waals surface area contributed by atoms with Gasteiger partial charge in [-0.05, 0) is 30.5 Å². The normalized spacial score (nSPS) is 9.56. The van der Waals surface area contributed by atoms with E-state index in [0.29, 0.717) is 0 Å². The quantitative estimate of drug-likeness (QED) is 0.541. The van der Waals surface area contributed by atoms with Crippen LogP contribution in [0.15, 0.2) is 23.1 Å². The lowest BCUT2D eigenvalue weighted by Crippen LogP contribution is -1.72. The minimum absolute atomic E-state index is 0.221. The van der Waals surface area contributed by atoms with Crippen molar-refractivity contribution in [3.05, 3.63) is 30.1 Å². The maximum atomic E-state index is 12.3. The first kappa shape index (κ1) is 6.62. The van der Waals surface area contributed by atoms with Crippen molar-refractivity contribution in [3.63, 3.8) is 0 Å². The van der Waals surface area contributed by atoms with Crippen molar-refractivity contribution in [1.29, 1.82) is 0 Å². The predicted molar refractivity (Wildman–Crippen MR) is 37.0 cm³/mol. The SMILES string of the molecule is CSc1c[c]cc(F)c1. The summed E-state index contributed by atoms with van der Waals surface area (Å²) >= 11 is 1.51. The fourth-order valence-corrected chi connectivity index (χ4v) is 0.957. The van der Waals surface area contributed by atoms with Gasteiger partial charge in [0, 0.05) is 4.90 Å². The molecule has 0 fully saturated rings. The molecule has 0 unspecified atom stereocenters. The summed E-state index contributed by atoms with van der Waals surface area (Å²) in [7, 11) is 0. The van der Waals surface area contributed by atoms with E-state index in [1.807, 2.05) is 6.26 Å². The number of halogens is 1. The summed E-state index contributed by atoms with van der Waals surface area (Å²) in [5.74, 6) is -0.221. The molecule has 1 rings (SSSR count). The lowest BCUT2D eigenvalue weighted by atomic mass is 10.4. The zero-order chi connectivity index (χ0) is 6.69. The van der Waals surface area contributed by atoms with Crippen LogP contribution in [0.25, 0.3) is 0 Å². The zero-order valence-electron chi connectivity index (χ0n) is 5.02. The first-order valence-electron chi connectivity index (χ1n) is 2.53. The molecule has 0 aliphatic carbocycles. The molecule has 0 aliphatic rings. The summed E-state index contributed by atoms with van der Waals surface area (Å²) < 4.78 is 12.3. The Morgan fingerprint density at radius 3 is 2.78 bits per heavy atom. The van der Waals surface area contributed by atoms with Gasteiger partial charge in [-0.15, -0.1) is 11.8 Å². The second-order valence-electron chi connectivity index (χ2n) is 1.59. The Morgan fingerprint density at radius 2 is 2.33 bits per heavy atom. The van der Waals surface area contributed by atoms with Crippen LogP contribution in [0.3, 0.4) is 0 Å². The molecule has 1 aromatic carbocycles. The molecule has 0 spiro atoms. The van der Waals surface area contributed by atoms with Gasteiger partial charge in [0.1, 0.15) is 5.82 Å². The molecule has 0 nitrogen and oxygen atoms in total. The van der Waals surface area contributed by atoms with E-state index in [9.17, 15) is 4.39 Å². The minimum atomic E-state index is -0.221. The highest BCUT2D eigenvalue weighted by atomic mass is 32.2. The summed E-state index contributed by atoms with van der Waals surface area (Å²) in [4.78, 5) is 0.912. The number of hydrogen-bond acceptors (Lipinski definition) is 1. The summed E-state index contributed by atoms with van der Waals surface area (Å²) in [5, 5.41) is 0. The monoisotopic (exact) mass is 141 g/mol. The highest BCUT2D eigenvalue weighted by molar-refractivity contribution is 7.98. The Morgan fingerprint density at radius 1 is 1.56 bits per heavy atom. The Bertz CT molecular complexity index is 198. The Hall–Kier alpha value is -0.500. The maximum absolute atomic E-state index is 12.3. The number of thioether (sulfide) groups is 1. The molecule has 0 saturated carbocycles. The van der Waals surface area contributed by atoms with Crippen LogP contribution < -0.4 is 0 Å². The van der Waals surface area contributed by atoms with Gasteiger partial charge in [-0.1, -0.05) is 0 Å². The van der Waals surface area contributed by atoms with Crippen molar-refractivity contribution in [2.24, 2.45) is 0 Å². The van der Waals surface area contributed by atoms with E-state index in [1.54, 1.807) is 6.07 Å². The molecule has 9 heavy (non-hydrogen) atoms. The van der Waals surface area contributed by atoms with E-state index in [-0.39, 0.29) is 5.82 Å². The number of benzene rings is 1. The van der Waals surface area contributed by atoms with E-state index in [0.717, 1.165) is 4.90 Å². The first-order chi connectivity index (χ1) is 4.33. The van der Waals surface area contributed by atoms with E-state index >= 15 is 0 Å². The molecule has 2 heteroatoms. The summed E-state index contributed by atoms with van der Waals surface area (Å²) in [6.07, 6.45) is 1.91. The van der Waals surface area contributed by atoms with Crippen LogP contribution in [0.4, 0.5) is 4.39 Å². The van der Waals surface area contributed by atoms with Crippen LogP contribution >= 0.6 is 11.8 Å². The molecule has 1 aromatic rings. The van der Waals surface area contributed by atoms with Gasteiger partial charge in [0.15, 0.2) is 0 Å². The standard InChI is InChI=1S/C7H6FS/c1-9-7-4-2-3-6(8)5-7/h3-5H,1H3. The van der Waals surface area contributed by atoms with Crippen LogP contribution in [0, 0.1) is 11.9 Å². The summed E-state index contributed by atoms with van der Waals surface area (Å²) in [6.45, 7) is 0. The van der Waals surface area contributed by atoms with Crippen LogP contribution in [-0.4, -0.2) is 6.26 Å². The molecule has 0 amide bonds. The van der Waals surface area contributed by atoms with Gasteiger partial charge >= 0.3 is 0 Å². The third-order valence-corrected chi connectivity index (χ3v) is 1.67. The molecule has 0 atom stereocenters. The van der Waals surface area contributed by atoms with Crippen LogP contribution in [0.1, 0.15) is 0 Å². The lowest BCUT2D eigenvalue weighted by molar-refractivity contribution is 0.624. The average molecular weight is 141 g/mol. The Labute approximate surface area is 58.1 Å². The zero-order valence-corrected chi connectivity index (χ0v) is 5.83. The number of rotatable bonds is 1. The van der Waals surface area contributed by atoms with Crippen LogP contribution in [0.5, 0.6) is 0 Å². The molecule has 0 aromatic heterocycles. The average Bonchev–Trinajstić information content (AvgIpc) is 1.88. The third kappa shape index (κ3) is 1.72. The van der Waals surface area contributed by atoms with Gasteiger partial charge in [-0.3, -0.25) is 0 Å². The Kier molecular flexibility index (Phi) is 2.11. The molecule has 0 saturated heterocycles. The fraction of sp³-hybridized carbons (Fsp3) is 0.143. The van der Waals surface area contributed by atoms with Crippen LogP contribution in [-0.2, 0) is 0 Å². The van der Waals surface area contributed by atoms with Crippen LogP contribution in [0.2, 0.25) is 0 Å². The van der Waals surface area contributed by atoms with E-state index < -0.39 is 0 Å².